The van der Waals surface area contributed by atoms with Crippen molar-refractivity contribution in [1.82, 2.24) is 24.8 Å². The summed E-state index contributed by atoms with van der Waals surface area (Å²) in [5, 5.41) is 11.6. The molecule has 37 heavy (non-hydrogen) atoms. The molecule has 1 aliphatic heterocycles. The summed E-state index contributed by atoms with van der Waals surface area (Å²) in [7, 11) is 0. The number of benzene rings is 1. The van der Waals surface area contributed by atoms with Gasteiger partial charge in [0.2, 0.25) is 5.91 Å². The van der Waals surface area contributed by atoms with E-state index in [9.17, 15) is 9.59 Å². The van der Waals surface area contributed by atoms with E-state index in [0.717, 1.165) is 12.0 Å². The number of carbonyl (C=O) groups excluding carboxylic acids is 2. The van der Waals surface area contributed by atoms with Crippen LogP contribution in [0.2, 0.25) is 0 Å². The zero-order chi connectivity index (χ0) is 26.6. The topological polar surface area (TPSA) is 124 Å². The lowest BCUT2D eigenvalue weighted by atomic mass is 9.93. The number of amides is 2. The van der Waals surface area contributed by atoms with Gasteiger partial charge in [0.05, 0.1) is 24.4 Å². The zero-order valence-electron chi connectivity index (χ0n) is 21.9. The van der Waals surface area contributed by atoms with Crippen molar-refractivity contribution in [3.05, 3.63) is 65.6 Å². The second-order valence-corrected chi connectivity index (χ2v) is 10.9. The Morgan fingerprint density at radius 3 is 2.54 bits per heavy atom. The first-order valence-electron chi connectivity index (χ1n) is 12.5. The second-order valence-electron chi connectivity index (χ2n) is 10.9. The van der Waals surface area contributed by atoms with Gasteiger partial charge in [-0.15, -0.1) is 10.2 Å². The zero-order valence-corrected chi connectivity index (χ0v) is 21.9. The van der Waals surface area contributed by atoms with Crippen molar-refractivity contribution in [2.45, 2.75) is 58.9 Å². The summed E-state index contributed by atoms with van der Waals surface area (Å²) >= 11 is 0. The molecule has 1 aliphatic rings. The van der Waals surface area contributed by atoms with E-state index in [0.29, 0.717) is 36.9 Å². The maximum Gasteiger partial charge on any atom is 0.410 e. The van der Waals surface area contributed by atoms with Crippen LogP contribution in [0.4, 0.5) is 4.79 Å². The predicted molar refractivity (Wildman–Crippen MR) is 138 cm³/mol. The van der Waals surface area contributed by atoms with E-state index in [-0.39, 0.29) is 30.6 Å². The lowest BCUT2D eigenvalue weighted by Crippen LogP contribution is -2.51. The molecule has 2 amide bonds. The maximum absolute atomic E-state index is 12.8. The molecule has 3 heterocycles. The second kappa shape index (κ2) is 10.9. The minimum atomic E-state index is -1.10. The Morgan fingerprint density at radius 1 is 1.11 bits per heavy atom. The van der Waals surface area contributed by atoms with Gasteiger partial charge in [-0.25, -0.2) is 4.79 Å². The SMILES string of the molecule is CC1(C)CCN(C(=O)OCc2cccc3nnc(C(COCc4ccccc4)NC(=O)C(C)(C)N)n23)C1. The molecular formula is C27H36N6O4. The van der Waals surface area contributed by atoms with Crippen molar-refractivity contribution < 1.29 is 19.1 Å². The number of fused-ring (bicyclic) bond motifs is 1. The number of nitrogens with zero attached hydrogens (tertiary/aromatic N) is 4. The highest BCUT2D eigenvalue weighted by Crippen LogP contribution is 2.29. The third-order valence-electron chi connectivity index (χ3n) is 6.41. The maximum atomic E-state index is 12.8. The largest absolute Gasteiger partial charge is 0.443 e. The molecule has 3 aromatic rings. The number of hydrogen-bond donors (Lipinski definition) is 2. The third kappa shape index (κ3) is 6.64. The summed E-state index contributed by atoms with van der Waals surface area (Å²) in [6, 6.07) is 14.6. The molecule has 2 aromatic heterocycles. The number of carbonyl (C=O) groups is 2. The standard InChI is InChI=1S/C27H36N6O4/c1-26(2)13-14-32(18-26)25(35)37-16-20-11-8-12-22-30-31-23(33(20)22)21(29-24(34)27(3,4)28)17-36-15-19-9-6-5-7-10-19/h5-12,21H,13-18,28H2,1-4H3,(H,29,34). The summed E-state index contributed by atoms with van der Waals surface area (Å²) in [5.41, 5.74) is 7.29. The minimum absolute atomic E-state index is 0.0338. The van der Waals surface area contributed by atoms with Crippen LogP contribution in [0.5, 0.6) is 0 Å². The molecule has 0 bridgehead atoms. The van der Waals surface area contributed by atoms with Gasteiger partial charge in [0.25, 0.3) is 0 Å². The highest BCUT2D eigenvalue weighted by atomic mass is 16.6. The number of nitrogens with one attached hydrogen (secondary N) is 1. The summed E-state index contributed by atoms with van der Waals surface area (Å²) in [6.07, 6.45) is 0.591. The highest BCUT2D eigenvalue weighted by Gasteiger charge is 2.33. The molecule has 0 saturated carbocycles. The van der Waals surface area contributed by atoms with Gasteiger partial charge in [0, 0.05) is 13.1 Å². The number of rotatable bonds is 9. The van der Waals surface area contributed by atoms with E-state index in [4.69, 9.17) is 15.2 Å². The number of ether oxygens (including phenoxy) is 2. The quantitative estimate of drug-likeness (QED) is 0.455. The molecule has 3 N–H and O–H groups in total. The third-order valence-corrected chi connectivity index (χ3v) is 6.41. The van der Waals surface area contributed by atoms with Crippen molar-refractivity contribution in [2.75, 3.05) is 19.7 Å². The molecular weight excluding hydrogens is 472 g/mol. The monoisotopic (exact) mass is 508 g/mol. The lowest BCUT2D eigenvalue weighted by Gasteiger charge is -2.24. The smallest absolute Gasteiger partial charge is 0.410 e. The Labute approximate surface area is 217 Å². The fourth-order valence-corrected chi connectivity index (χ4v) is 4.26. The predicted octanol–water partition coefficient (Wildman–Crippen LogP) is 3.21. The van der Waals surface area contributed by atoms with Crippen LogP contribution in [0.25, 0.3) is 5.65 Å². The molecule has 1 saturated heterocycles. The number of aromatic nitrogens is 3. The molecule has 198 valence electrons. The van der Waals surface area contributed by atoms with Crippen LogP contribution in [-0.2, 0) is 27.5 Å². The Bertz CT molecular complexity index is 1230. The number of hydrogen-bond acceptors (Lipinski definition) is 7. The number of likely N-dealkylation sites (tertiary alicyclic amines) is 1. The molecule has 10 heteroatoms. The van der Waals surface area contributed by atoms with Gasteiger partial charge in [0.1, 0.15) is 12.6 Å². The first-order valence-corrected chi connectivity index (χ1v) is 12.5. The van der Waals surface area contributed by atoms with E-state index in [1.807, 2.05) is 42.5 Å². The summed E-state index contributed by atoms with van der Waals surface area (Å²) in [6.45, 7) is 9.44. The van der Waals surface area contributed by atoms with Crippen LogP contribution < -0.4 is 11.1 Å². The Morgan fingerprint density at radius 2 is 1.86 bits per heavy atom. The summed E-state index contributed by atoms with van der Waals surface area (Å²) in [5.74, 6) is 0.118. The van der Waals surface area contributed by atoms with Gasteiger partial charge in [0.15, 0.2) is 11.5 Å². The Kier molecular flexibility index (Phi) is 7.79. The fourth-order valence-electron chi connectivity index (χ4n) is 4.26. The number of nitrogens with two attached hydrogens (primary N) is 1. The molecule has 0 aliphatic carbocycles. The normalized spacial score (nSPS) is 16.1. The van der Waals surface area contributed by atoms with Crippen LogP contribution in [0, 0.1) is 5.41 Å². The molecule has 1 aromatic carbocycles. The molecule has 1 unspecified atom stereocenters. The Balaban J connectivity index is 1.55. The molecule has 0 spiro atoms. The van der Waals surface area contributed by atoms with Crippen LogP contribution in [0.3, 0.4) is 0 Å². The molecule has 1 fully saturated rings. The van der Waals surface area contributed by atoms with Gasteiger partial charge in [-0.3, -0.25) is 9.20 Å². The average molecular weight is 509 g/mol. The van der Waals surface area contributed by atoms with Crippen molar-refractivity contribution >= 4 is 17.6 Å². The lowest BCUT2D eigenvalue weighted by molar-refractivity contribution is -0.126. The molecule has 10 nitrogen and oxygen atoms in total. The summed E-state index contributed by atoms with van der Waals surface area (Å²) < 4.78 is 13.4. The van der Waals surface area contributed by atoms with Crippen molar-refractivity contribution in [3.8, 4) is 0 Å². The average Bonchev–Trinajstić information content (AvgIpc) is 3.45. The first-order chi connectivity index (χ1) is 17.5. The van der Waals surface area contributed by atoms with Crippen molar-refractivity contribution in [3.63, 3.8) is 0 Å². The van der Waals surface area contributed by atoms with E-state index >= 15 is 0 Å². The van der Waals surface area contributed by atoms with Crippen molar-refractivity contribution in [1.29, 1.82) is 0 Å². The van der Waals surface area contributed by atoms with E-state index in [2.05, 4.69) is 29.4 Å². The van der Waals surface area contributed by atoms with Gasteiger partial charge in [-0.05, 0) is 43.4 Å². The van der Waals surface area contributed by atoms with Gasteiger partial charge in [-0.1, -0.05) is 50.2 Å². The molecule has 1 atom stereocenters. The van der Waals surface area contributed by atoms with Crippen LogP contribution in [0.1, 0.15) is 57.2 Å². The fraction of sp³-hybridized carbons (Fsp3) is 0.481. The molecule has 4 rings (SSSR count). The van der Waals surface area contributed by atoms with Crippen LogP contribution >= 0.6 is 0 Å². The summed E-state index contributed by atoms with van der Waals surface area (Å²) in [4.78, 5) is 27.3. The first kappa shape index (κ1) is 26.6. The van der Waals surface area contributed by atoms with Gasteiger partial charge in [-0.2, -0.15) is 0 Å². The molecule has 0 radical (unpaired) electrons. The van der Waals surface area contributed by atoms with E-state index in [1.165, 1.54) is 0 Å². The van der Waals surface area contributed by atoms with Gasteiger partial charge < -0.3 is 25.4 Å². The van der Waals surface area contributed by atoms with Crippen LogP contribution in [-0.4, -0.2) is 56.7 Å². The van der Waals surface area contributed by atoms with Gasteiger partial charge >= 0.3 is 6.09 Å². The minimum Gasteiger partial charge on any atom is -0.443 e. The Hall–Kier alpha value is -3.50. The highest BCUT2D eigenvalue weighted by molar-refractivity contribution is 5.85. The number of pyridine rings is 1. The van der Waals surface area contributed by atoms with Crippen LogP contribution in [0.15, 0.2) is 48.5 Å². The van der Waals surface area contributed by atoms with E-state index < -0.39 is 11.6 Å². The van der Waals surface area contributed by atoms with E-state index in [1.54, 1.807) is 29.2 Å². The van der Waals surface area contributed by atoms with Crippen molar-refractivity contribution in [2.24, 2.45) is 11.1 Å².